The van der Waals surface area contributed by atoms with Crippen molar-refractivity contribution in [1.29, 1.82) is 0 Å². The van der Waals surface area contributed by atoms with Crippen LogP contribution in [0, 0.1) is 6.92 Å². The van der Waals surface area contributed by atoms with Crippen LogP contribution in [0.5, 0.6) is 0 Å². The molecule has 0 aliphatic heterocycles. The zero-order valence-corrected chi connectivity index (χ0v) is 21.0. The second kappa shape index (κ2) is 11.3. The Hall–Kier alpha value is -1.69. The van der Waals surface area contributed by atoms with Gasteiger partial charge in [-0.3, -0.25) is 9.59 Å². The van der Waals surface area contributed by atoms with Crippen LogP contribution in [0.25, 0.3) is 0 Å². The maximum atomic E-state index is 13.2. The summed E-state index contributed by atoms with van der Waals surface area (Å²) >= 11 is 13.9. The Bertz CT molecular complexity index is 928. The molecule has 0 radical (unpaired) electrons. The van der Waals surface area contributed by atoms with Gasteiger partial charge in [0, 0.05) is 27.9 Å². The van der Waals surface area contributed by atoms with E-state index in [-0.39, 0.29) is 24.1 Å². The molecule has 1 atom stereocenters. The second-order valence-corrected chi connectivity index (χ2v) is 10.4. The number of hydrogen-bond acceptors (Lipinski definition) is 3. The normalized spacial score (nSPS) is 12.4. The van der Waals surface area contributed by atoms with Crippen LogP contribution in [0.3, 0.4) is 0 Å². The van der Waals surface area contributed by atoms with Gasteiger partial charge in [-0.05, 0) is 63.4 Å². The number of carbonyl (C=O) groups is 2. The molecular weight excluding hydrogens is 451 g/mol. The molecule has 0 fully saturated rings. The maximum Gasteiger partial charge on any atom is 0.242 e. The molecule has 0 unspecified atom stereocenters. The third-order valence-electron chi connectivity index (χ3n) is 4.77. The fourth-order valence-corrected chi connectivity index (χ4v) is 4.45. The van der Waals surface area contributed by atoms with Crippen molar-refractivity contribution in [2.24, 2.45) is 0 Å². The van der Waals surface area contributed by atoms with Gasteiger partial charge >= 0.3 is 0 Å². The van der Waals surface area contributed by atoms with Crippen molar-refractivity contribution in [2.75, 3.05) is 5.75 Å². The van der Waals surface area contributed by atoms with Crippen LogP contribution >= 0.6 is 35.0 Å². The van der Waals surface area contributed by atoms with Gasteiger partial charge in [-0.25, -0.2) is 0 Å². The van der Waals surface area contributed by atoms with Crippen molar-refractivity contribution >= 4 is 46.8 Å². The average Bonchev–Trinajstić information content (AvgIpc) is 2.67. The lowest BCUT2D eigenvalue weighted by Crippen LogP contribution is -2.52. The number of halogens is 2. The molecule has 2 aromatic rings. The van der Waals surface area contributed by atoms with E-state index in [1.54, 1.807) is 30.0 Å². The summed E-state index contributed by atoms with van der Waals surface area (Å²) < 4.78 is 0. The highest BCUT2D eigenvalue weighted by Gasteiger charge is 2.28. The summed E-state index contributed by atoms with van der Waals surface area (Å²) in [6.45, 7) is 9.78. The van der Waals surface area contributed by atoms with E-state index >= 15 is 0 Å². The van der Waals surface area contributed by atoms with Crippen molar-refractivity contribution in [2.45, 2.75) is 58.5 Å². The Morgan fingerprint density at radius 1 is 1.10 bits per heavy atom. The first-order chi connectivity index (χ1) is 14.5. The lowest BCUT2D eigenvalue weighted by atomic mass is 10.1. The van der Waals surface area contributed by atoms with Gasteiger partial charge in [0.15, 0.2) is 0 Å². The van der Waals surface area contributed by atoms with E-state index in [1.165, 1.54) is 22.9 Å². The molecule has 1 N–H and O–H groups in total. The molecule has 0 aromatic heterocycles. The van der Waals surface area contributed by atoms with Gasteiger partial charge in [-0.1, -0.05) is 53.5 Å². The Morgan fingerprint density at radius 2 is 1.77 bits per heavy atom. The molecule has 0 spiro atoms. The summed E-state index contributed by atoms with van der Waals surface area (Å²) in [6, 6.07) is 12.7. The molecule has 2 aromatic carbocycles. The highest BCUT2D eigenvalue weighted by Crippen LogP contribution is 2.24. The number of benzene rings is 2. The maximum absolute atomic E-state index is 13.2. The van der Waals surface area contributed by atoms with Crippen LogP contribution in [-0.4, -0.2) is 34.0 Å². The van der Waals surface area contributed by atoms with Crippen molar-refractivity contribution in [3.8, 4) is 0 Å². The molecule has 7 heteroatoms. The van der Waals surface area contributed by atoms with E-state index in [4.69, 9.17) is 23.2 Å². The average molecular weight is 481 g/mol. The number of thioether (sulfide) groups is 1. The largest absolute Gasteiger partial charge is 0.350 e. The predicted octanol–water partition coefficient (Wildman–Crippen LogP) is 5.87. The van der Waals surface area contributed by atoms with Crippen LogP contribution in [0.2, 0.25) is 10.0 Å². The van der Waals surface area contributed by atoms with E-state index < -0.39 is 11.6 Å². The van der Waals surface area contributed by atoms with E-state index in [9.17, 15) is 9.59 Å². The molecule has 31 heavy (non-hydrogen) atoms. The molecular formula is C24H30Cl2N2O2S. The van der Waals surface area contributed by atoms with E-state index in [1.807, 2.05) is 32.9 Å². The van der Waals surface area contributed by atoms with Gasteiger partial charge in [0.05, 0.1) is 5.75 Å². The minimum Gasteiger partial charge on any atom is -0.350 e. The van der Waals surface area contributed by atoms with Gasteiger partial charge in [-0.2, -0.15) is 0 Å². The number of hydrogen-bond donors (Lipinski definition) is 1. The topological polar surface area (TPSA) is 49.4 Å². The summed E-state index contributed by atoms with van der Waals surface area (Å²) in [7, 11) is 0. The lowest BCUT2D eigenvalue weighted by Gasteiger charge is -2.31. The van der Waals surface area contributed by atoms with Crippen LogP contribution in [-0.2, 0) is 21.9 Å². The third kappa shape index (κ3) is 8.06. The first-order valence-corrected chi connectivity index (χ1v) is 12.1. The highest BCUT2D eigenvalue weighted by atomic mass is 35.5. The Balaban J connectivity index is 2.16. The van der Waals surface area contributed by atoms with Crippen LogP contribution in [0.4, 0.5) is 0 Å². The zero-order chi connectivity index (χ0) is 23.2. The molecule has 0 saturated carbocycles. The minimum absolute atomic E-state index is 0.110. The van der Waals surface area contributed by atoms with Crippen molar-refractivity contribution in [3.05, 3.63) is 69.2 Å². The van der Waals surface area contributed by atoms with Gasteiger partial charge in [0.2, 0.25) is 11.8 Å². The standard InChI is InChI=1S/C24H30Cl2N2O2S/c1-16-8-6-7-9-19(16)14-31-15-22(29)28(17(2)23(30)27-24(3,4)5)13-18-10-11-20(25)12-21(18)26/h6-12,17H,13-15H2,1-5H3,(H,27,30)/t17-/m1/s1. The molecule has 4 nitrogen and oxygen atoms in total. The minimum atomic E-state index is -0.641. The van der Waals surface area contributed by atoms with E-state index in [0.717, 1.165) is 11.3 Å². The Morgan fingerprint density at radius 3 is 2.39 bits per heavy atom. The monoisotopic (exact) mass is 480 g/mol. The molecule has 0 aliphatic carbocycles. The smallest absolute Gasteiger partial charge is 0.242 e. The van der Waals surface area contributed by atoms with Gasteiger partial charge in [0.1, 0.15) is 6.04 Å². The first-order valence-electron chi connectivity index (χ1n) is 10.2. The molecule has 0 heterocycles. The van der Waals surface area contributed by atoms with Crippen LogP contribution in [0.15, 0.2) is 42.5 Å². The number of aryl methyl sites for hydroxylation is 1. The summed E-state index contributed by atoms with van der Waals surface area (Å²) in [5.74, 6) is 0.694. The number of nitrogens with one attached hydrogen (secondary N) is 1. The van der Waals surface area contributed by atoms with Crippen molar-refractivity contribution < 1.29 is 9.59 Å². The molecule has 0 saturated heterocycles. The lowest BCUT2D eigenvalue weighted by molar-refractivity contribution is -0.139. The fourth-order valence-electron chi connectivity index (χ4n) is 2.99. The number of carbonyl (C=O) groups excluding carboxylic acids is 2. The Kier molecular flexibility index (Phi) is 9.28. The SMILES string of the molecule is Cc1ccccc1CSCC(=O)N(Cc1ccc(Cl)cc1Cl)[C@H](C)C(=O)NC(C)(C)C. The molecule has 0 bridgehead atoms. The second-order valence-electron chi connectivity index (χ2n) is 8.59. The molecule has 2 amide bonds. The van der Waals surface area contributed by atoms with Gasteiger partial charge in [0.25, 0.3) is 0 Å². The van der Waals surface area contributed by atoms with Gasteiger partial charge in [-0.15, -0.1) is 11.8 Å². The van der Waals surface area contributed by atoms with E-state index in [2.05, 4.69) is 24.4 Å². The molecule has 168 valence electrons. The van der Waals surface area contributed by atoms with Crippen LogP contribution < -0.4 is 5.32 Å². The first kappa shape index (κ1) is 25.6. The number of nitrogens with zero attached hydrogens (tertiary/aromatic N) is 1. The fraction of sp³-hybridized carbons (Fsp3) is 0.417. The van der Waals surface area contributed by atoms with Crippen molar-refractivity contribution in [1.82, 2.24) is 10.2 Å². The van der Waals surface area contributed by atoms with Gasteiger partial charge < -0.3 is 10.2 Å². The van der Waals surface area contributed by atoms with E-state index in [0.29, 0.717) is 10.0 Å². The third-order valence-corrected chi connectivity index (χ3v) is 6.32. The quantitative estimate of drug-likeness (QED) is 0.513. The highest BCUT2D eigenvalue weighted by molar-refractivity contribution is 7.99. The zero-order valence-electron chi connectivity index (χ0n) is 18.7. The summed E-state index contributed by atoms with van der Waals surface area (Å²) in [5.41, 5.74) is 2.76. The summed E-state index contributed by atoms with van der Waals surface area (Å²) in [4.78, 5) is 27.6. The van der Waals surface area contributed by atoms with Crippen molar-refractivity contribution in [3.63, 3.8) is 0 Å². The number of rotatable bonds is 8. The summed E-state index contributed by atoms with van der Waals surface area (Å²) in [6.07, 6.45) is 0. The number of amides is 2. The van der Waals surface area contributed by atoms with Crippen LogP contribution in [0.1, 0.15) is 44.4 Å². The Labute approximate surface area is 199 Å². The molecule has 0 aliphatic rings. The summed E-state index contributed by atoms with van der Waals surface area (Å²) in [5, 5.41) is 3.96. The molecule has 2 rings (SSSR count). The predicted molar refractivity (Wildman–Crippen MR) is 132 cm³/mol.